The molecule has 2 heterocycles. The molecule has 0 aromatic heterocycles. The molecule has 278 valence electrons. The quantitative estimate of drug-likeness (QED) is 0.120. The molecule has 2 aliphatic heterocycles. The molecule has 2 saturated heterocycles. The van der Waals surface area contributed by atoms with Crippen molar-refractivity contribution in [3.63, 3.8) is 0 Å². The van der Waals surface area contributed by atoms with Crippen molar-refractivity contribution in [2.24, 2.45) is 0 Å². The highest BCUT2D eigenvalue weighted by atomic mass is 79.9. The molecular weight excluding hydrogens is 692 g/mol. The first-order valence-electron chi connectivity index (χ1n) is 19.3. The van der Waals surface area contributed by atoms with E-state index in [0.29, 0.717) is 0 Å². The van der Waals surface area contributed by atoms with Crippen molar-refractivity contribution in [2.45, 2.75) is 51.4 Å². The Bertz CT molecular complexity index is 1260. The van der Waals surface area contributed by atoms with Gasteiger partial charge in [-0.1, -0.05) is 137 Å². The van der Waals surface area contributed by atoms with Crippen LogP contribution in [0.5, 0.6) is 0 Å². The highest BCUT2D eigenvalue weighted by molar-refractivity contribution is 9.09. The summed E-state index contributed by atoms with van der Waals surface area (Å²) in [7, 11) is 1.00. The number of aliphatic hydroxyl groups excluding tert-OH is 1. The second-order valence-corrected chi connectivity index (χ2v) is 14.1. The Labute approximate surface area is 319 Å². The average Bonchev–Trinajstić information content (AvgIpc) is 3.21. The molecule has 51 heavy (non-hydrogen) atoms. The summed E-state index contributed by atoms with van der Waals surface area (Å²) in [6, 6.07) is 43.1. The van der Waals surface area contributed by atoms with E-state index in [1.54, 1.807) is 0 Å². The summed E-state index contributed by atoms with van der Waals surface area (Å²) < 4.78 is 0. The highest BCUT2D eigenvalue weighted by Gasteiger charge is 2.16. The number of aliphatic hydroxyl groups is 1. The third kappa shape index (κ3) is 20.1. The smallest absolute Gasteiger partial charge is 0.0319 e. The summed E-state index contributed by atoms with van der Waals surface area (Å²) >= 11 is 3.41. The van der Waals surface area contributed by atoms with Gasteiger partial charge in [0.25, 0.3) is 0 Å². The molecule has 0 saturated carbocycles. The van der Waals surface area contributed by atoms with Crippen LogP contribution in [0.2, 0.25) is 0 Å². The third-order valence-corrected chi connectivity index (χ3v) is 10.0. The lowest BCUT2D eigenvalue weighted by Crippen LogP contribution is -2.46. The highest BCUT2D eigenvalue weighted by Crippen LogP contribution is 2.09. The molecule has 0 aliphatic carbocycles. The Morgan fingerprint density at radius 3 is 1.00 bits per heavy atom. The Morgan fingerprint density at radius 1 is 0.431 bits per heavy atom. The molecule has 6 rings (SSSR count). The van der Waals surface area contributed by atoms with E-state index in [1.165, 1.54) is 133 Å². The van der Waals surface area contributed by atoms with Crippen molar-refractivity contribution >= 4 is 15.9 Å². The van der Waals surface area contributed by atoms with E-state index in [1.807, 2.05) is 0 Å². The zero-order valence-electron chi connectivity index (χ0n) is 31.4. The van der Waals surface area contributed by atoms with E-state index in [9.17, 15) is 0 Å². The third-order valence-electron chi connectivity index (χ3n) is 9.46. The molecule has 6 heteroatoms. The molecule has 0 radical (unpaired) electrons. The SMILES string of the molecule is BrCCCc1ccccc1.CO.c1ccc(CCCN2CCN(CCCc3ccccc3)CC2)cc1.c1ccc(CCCN2CCNCC2)cc1. The predicted octanol–water partition coefficient (Wildman–Crippen LogP) is 8.02. The van der Waals surface area contributed by atoms with Gasteiger partial charge < -0.3 is 25.1 Å². The molecule has 0 bridgehead atoms. The number of alkyl halides is 1. The van der Waals surface area contributed by atoms with Crippen LogP contribution in [0.25, 0.3) is 0 Å². The summed E-state index contributed by atoms with van der Waals surface area (Å²) in [5.41, 5.74) is 5.84. The monoisotopic (exact) mass is 756 g/mol. The van der Waals surface area contributed by atoms with Crippen molar-refractivity contribution in [2.75, 3.05) is 84.4 Å². The second kappa shape index (κ2) is 28.7. The number of piperazine rings is 2. The van der Waals surface area contributed by atoms with E-state index in [0.717, 1.165) is 25.5 Å². The van der Waals surface area contributed by atoms with Gasteiger partial charge in [-0.15, -0.1) is 0 Å². The van der Waals surface area contributed by atoms with Gasteiger partial charge >= 0.3 is 0 Å². The normalized spacial score (nSPS) is 15.0. The fraction of sp³-hybridized carbons (Fsp3) is 0.467. The minimum atomic E-state index is 1.00. The standard InChI is InChI=1S/C22H30N2.C13H20N2.C9H11Br.CH4O/c1-3-9-21(10-4-1)13-7-15-23-17-19-24(20-18-23)16-8-14-22-11-5-2-6-12-22;1-2-5-13(6-3-1)7-4-10-15-11-8-14-9-12-15;10-8-4-7-9-5-2-1-3-6-9;1-2/h1-6,9-12H,7-8,13-20H2;1-3,5-6,14H,4,7-12H2;1-3,5-6H,4,7-8H2;2H,1H3. The molecule has 5 nitrogen and oxygen atoms in total. The van der Waals surface area contributed by atoms with Crippen molar-refractivity contribution in [1.82, 2.24) is 20.0 Å². The van der Waals surface area contributed by atoms with Gasteiger partial charge in [0.05, 0.1) is 0 Å². The summed E-state index contributed by atoms with van der Waals surface area (Å²) in [6.45, 7) is 13.4. The summed E-state index contributed by atoms with van der Waals surface area (Å²) in [4.78, 5) is 7.83. The predicted molar refractivity (Wildman–Crippen MR) is 223 cm³/mol. The first kappa shape index (κ1) is 42.6. The zero-order valence-corrected chi connectivity index (χ0v) is 32.9. The first-order chi connectivity index (χ1) is 25.3. The van der Waals surface area contributed by atoms with E-state index < -0.39 is 0 Å². The molecule has 2 fully saturated rings. The van der Waals surface area contributed by atoms with Gasteiger partial charge in [0.2, 0.25) is 0 Å². The Morgan fingerprint density at radius 2 is 0.706 bits per heavy atom. The lowest BCUT2D eigenvalue weighted by molar-refractivity contribution is 0.130. The van der Waals surface area contributed by atoms with Gasteiger partial charge in [0.15, 0.2) is 0 Å². The molecule has 4 aromatic carbocycles. The number of rotatable bonds is 15. The fourth-order valence-corrected chi connectivity index (χ4v) is 6.82. The minimum Gasteiger partial charge on any atom is -0.400 e. The molecule has 2 N–H and O–H groups in total. The van der Waals surface area contributed by atoms with Gasteiger partial charge in [-0.2, -0.15) is 0 Å². The van der Waals surface area contributed by atoms with Gasteiger partial charge in [-0.3, -0.25) is 0 Å². The van der Waals surface area contributed by atoms with E-state index >= 15 is 0 Å². The van der Waals surface area contributed by atoms with Crippen molar-refractivity contribution in [3.05, 3.63) is 144 Å². The molecule has 0 amide bonds. The second-order valence-electron chi connectivity index (χ2n) is 13.3. The van der Waals surface area contributed by atoms with Crippen molar-refractivity contribution < 1.29 is 5.11 Å². The van der Waals surface area contributed by atoms with E-state index in [2.05, 4.69) is 157 Å². The average molecular weight is 758 g/mol. The van der Waals surface area contributed by atoms with Crippen LogP contribution in [0.3, 0.4) is 0 Å². The summed E-state index contributed by atoms with van der Waals surface area (Å²) in [5, 5.41) is 11.5. The number of benzene rings is 4. The van der Waals surface area contributed by atoms with Crippen molar-refractivity contribution in [1.29, 1.82) is 0 Å². The molecule has 0 unspecified atom stereocenters. The van der Waals surface area contributed by atoms with Crippen LogP contribution in [0.1, 0.15) is 47.9 Å². The molecule has 2 aliphatic rings. The molecule has 0 atom stereocenters. The maximum atomic E-state index is 7.00. The van der Waals surface area contributed by atoms with Crippen LogP contribution in [0.4, 0.5) is 0 Å². The maximum absolute atomic E-state index is 7.00. The lowest BCUT2D eigenvalue weighted by atomic mass is 10.1. The number of nitrogens with one attached hydrogen (secondary N) is 1. The number of halogens is 1. The number of nitrogens with zero attached hydrogens (tertiary/aromatic N) is 3. The van der Waals surface area contributed by atoms with Crippen molar-refractivity contribution in [3.8, 4) is 0 Å². The van der Waals surface area contributed by atoms with Crippen LogP contribution >= 0.6 is 15.9 Å². The number of aryl methyl sites for hydroxylation is 4. The Hall–Kier alpha value is -2.84. The van der Waals surface area contributed by atoms with Crippen LogP contribution < -0.4 is 5.32 Å². The Kier molecular flexibility index (Phi) is 24.0. The molecule has 4 aromatic rings. The topological polar surface area (TPSA) is 42.0 Å². The van der Waals surface area contributed by atoms with Crippen LogP contribution in [0.15, 0.2) is 121 Å². The molecular formula is C45H65BrN4O. The van der Waals surface area contributed by atoms with Gasteiger partial charge in [0.1, 0.15) is 0 Å². The Balaban J connectivity index is 0.000000222. The molecule has 0 spiro atoms. The van der Waals surface area contributed by atoms with Crippen LogP contribution in [-0.2, 0) is 25.7 Å². The lowest BCUT2D eigenvalue weighted by Gasteiger charge is -2.34. The van der Waals surface area contributed by atoms with E-state index in [4.69, 9.17) is 5.11 Å². The van der Waals surface area contributed by atoms with E-state index in [-0.39, 0.29) is 0 Å². The van der Waals surface area contributed by atoms with Gasteiger partial charge in [0, 0.05) is 64.8 Å². The van der Waals surface area contributed by atoms with Crippen LogP contribution in [-0.4, -0.2) is 104 Å². The summed E-state index contributed by atoms with van der Waals surface area (Å²) in [6.07, 6.45) is 9.87. The van der Waals surface area contributed by atoms with Gasteiger partial charge in [-0.05, 0) is 93.3 Å². The maximum Gasteiger partial charge on any atom is 0.0319 e. The fourth-order valence-electron chi connectivity index (χ4n) is 6.54. The largest absolute Gasteiger partial charge is 0.400 e. The minimum absolute atomic E-state index is 1.00. The number of hydrogen-bond acceptors (Lipinski definition) is 5. The zero-order chi connectivity index (χ0) is 36.0. The summed E-state index contributed by atoms with van der Waals surface area (Å²) in [5.74, 6) is 0. The number of hydrogen-bond donors (Lipinski definition) is 2. The van der Waals surface area contributed by atoms with Gasteiger partial charge in [-0.25, -0.2) is 0 Å². The van der Waals surface area contributed by atoms with Crippen LogP contribution in [0, 0.1) is 0 Å². The first-order valence-corrected chi connectivity index (χ1v) is 20.4.